The van der Waals surface area contributed by atoms with Crippen molar-refractivity contribution in [3.63, 3.8) is 0 Å². The zero-order valence-electron chi connectivity index (χ0n) is 39.4. The number of aliphatic hydroxyl groups excluding tert-OH is 9. The third-order valence-corrected chi connectivity index (χ3v) is 12.6. The molecular weight excluding hydrogens is 905 g/mol. The number of hydrogen-bond acceptors (Lipinski definition) is 18. The zero-order chi connectivity index (χ0) is 50.2. The Kier molecular flexibility index (Phi) is 27.2. The number of carbonyl (C=O) groups is 2. The molecule has 0 aliphatic carbocycles. The highest BCUT2D eigenvalue weighted by atomic mass is 32.2. The second-order valence-corrected chi connectivity index (χ2v) is 19.0. The maximum atomic E-state index is 13.7. The maximum Gasteiger partial charge on any atom is 0.308 e. The molecule has 0 aromatic rings. The summed E-state index contributed by atoms with van der Waals surface area (Å²) in [4.78, 5) is 26.2. The van der Waals surface area contributed by atoms with Crippen LogP contribution in [0.25, 0.3) is 0 Å². The van der Waals surface area contributed by atoms with Crippen molar-refractivity contribution in [2.75, 3.05) is 25.2 Å². The second kappa shape index (κ2) is 31.3. The molecule has 1 amide bonds. The van der Waals surface area contributed by atoms with Crippen LogP contribution in [0, 0.1) is 11.8 Å². The Balaban J connectivity index is 1.89. The molecule has 386 valence electrons. The van der Waals surface area contributed by atoms with E-state index in [1.807, 2.05) is 49.6 Å². The van der Waals surface area contributed by atoms with Crippen molar-refractivity contribution >= 4 is 23.6 Å². The van der Waals surface area contributed by atoms with Crippen LogP contribution < -0.4 is 11.1 Å². The van der Waals surface area contributed by atoms with Crippen molar-refractivity contribution in [2.45, 2.75) is 169 Å². The molecule has 3 rings (SSSR count). The van der Waals surface area contributed by atoms with Crippen LogP contribution in [-0.4, -0.2) is 179 Å². The Labute approximate surface area is 404 Å². The standard InChI is InChI=1S/C49H78N2O16S/c1-31-17-14-12-10-8-6-4-5-7-9-11-13-15-18-36(66-48-46(61)45(50)41(59)30-64-48)27-42-44(47(62)51-21-16-22-68-3)40(58)29-49(63,67-42)28-35(54)25-39(57)37(55)20-19-33(52)24-34(53)26-43(60)65-32(2)23-38(31)56/h4-15,17-18,31-42,44-46,48,52-59,61,63H,16,19-30,50H2,1-3H3,(H,51,62)/b5-4+,8-6+,9-7+,12-10+,13-11+,17-14+,18-15+/t31-,32-,33?,34?,35?,36-,37?,38-,39?,40-,41+,42-,44?,45-,46-,48-,49+/m0/s1. The number of esters is 1. The van der Waals surface area contributed by atoms with Crippen LogP contribution in [0.1, 0.15) is 78.1 Å². The largest absolute Gasteiger partial charge is 0.462 e. The van der Waals surface area contributed by atoms with Crippen molar-refractivity contribution in [1.82, 2.24) is 5.32 Å². The number of aliphatic hydroxyl groups is 10. The molecule has 17 atom stereocenters. The number of nitrogens with one attached hydrogen (secondary N) is 1. The molecule has 19 heteroatoms. The molecule has 3 heterocycles. The van der Waals surface area contributed by atoms with Gasteiger partial charge in [-0.2, -0.15) is 11.8 Å². The lowest BCUT2D eigenvalue weighted by Gasteiger charge is -2.45. The highest BCUT2D eigenvalue weighted by Crippen LogP contribution is 2.38. The minimum atomic E-state index is -2.24. The molecule has 0 radical (unpaired) electrons. The van der Waals surface area contributed by atoms with Crippen LogP contribution in [0.2, 0.25) is 0 Å². The molecule has 3 aliphatic rings. The van der Waals surface area contributed by atoms with Gasteiger partial charge in [-0.3, -0.25) is 9.59 Å². The summed E-state index contributed by atoms with van der Waals surface area (Å²) in [6, 6.07) is -1.10. The minimum Gasteiger partial charge on any atom is -0.462 e. The van der Waals surface area contributed by atoms with E-state index in [0.29, 0.717) is 13.0 Å². The van der Waals surface area contributed by atoms with Crippen molar-refractivity contribution < 1.29 is 79.6 Å². The summed E-state index contributed by atoms with van der Waals surface area (Å²) in [5, 5.41) is 112. The molecule has 2 fully saturated rings. The molecule has 68 heavy (non-hydrogen) atoms. The molecule has 18 nitrogen and oxygen atoms in total. The number of thioether (sulfide) groups is 1. The van der Waals surface area contributed by atoms with Crippen molar-refractivity contribution in [2.24, 2.45) is 17.6 Å². The van der Waals surface area contributed by atoms with E-state index in [1.54, 1.807) is 67.3 Å². The van der Waals surface area contributed by atoms with Crippen LogP contribution in [-0.2, 0) is 28.5 Å². The summed E-state index contributed by atoms with van der Waals surface area (Å²) in [7, 11) is 0. The first-order valence-corrected chi connectivity index (χ1v) is 24.9. The summed E-state index contributed by atoms with van der Waals surface area (Å²) < 4.78 is 23.3. The number of carbonyl (C=O) groups excluding carboxylic acids is 2. The molecule has 2 bridgehead atoms. The predicted molar refractivity (Wildman–Crippen MR) is 256 cm³/mol. The van der Waals surface area contributed by atoms with Crippen LogP contribution in [0.5, 0.6) is 0 Å². The lowest BCUT2D eigenvalue weighted by Crippen LogP contribution is -2.59. The average Bonchev–Trinajstić information content (AvgIpc) is 3.26. The highest BCUT2D eigenvalue weighted by Gasteiger charge is 2.50. The zero-order valence-corrected chi connectivity index (χ0v) is 40.2. The van der Waals surface area contributed by atoms with Crippen molar-refractivity contribution in [1.29, 1.82) is 0 Å². The van der Waals surface area contributed by atoms with E-state index in [4.69, 9.17) is 24.7 Å². The van der Waals surface area contributed by atoms with Crippen molar-refractivity contribution in [3.8, 4) is 0 Å². The summed E-state index contributed by atoms with van der Waals surface area (Å²) in [6.07, 6.45) is 8.81. The number of hydrogen-bond donors (Lipinski definition) is 12. The second-order valence-electron chi connectivity index (χ2n) is 18.0. The monoisotopic (exact) mass is 983 g/mol. The van der Waals surface area contributed by atoms with Gasteiger partial charge in [0, 0.05) is 44.6 Å². The van der Waals surface area contributed by atoms with Gasteiger partial charge in [0.15, 0.2) is 12.1 Å². The summed E-state index contributed by atoms with van der Waals surface area (Å²) in [5.41, 5.74) is 6.01. The van der Waals surface area contributed by atoms with Gasteiger partial charge in [-0.05, 0) is 44.6 Å². The van der Waals surface area contributed by atoms with E-state index in [1.165, 1.54) is 0 Å². The quantitative estimate of drug-likeness (QED) is 0.124. The third kappa shape index (κ3) is 21.9. The minimum absolute atomic E-state index is 0.0851. The van der Waals surface area contributed by atoms with Crippen LogP contribution in [0.15, 0.2) is 85.1 Å². The number of amides is 1. The van der Waals surface area contributed by atoms with Gasteiger partial charge in [0.2, 0.25) is 5.91 Å². The van der Waals surface area contributed by atoms with Gasteiger partial charge in [0.1, 0.15) is 12.2 Å². The van der Waals surface area contributed by atoms with Crippen LogP contribution in [0.4, 0.5) is 0 Å². The van der Waals surface area contributed by atoms with Gasteiger partial charge in [-0.1, -0.05) is 92.0 Å². The fourth-order valence-electron chi connectivity index (χ4n) is 8.06. The molecular formula is C49H78N2O16S. The smallest absolute Gasteiger partial charge is 0.308 e. The Morgan fingerprint density at radius 1 is 0.750 bits per heavy atom. The first-order valence-electron chi connectivity index (χ1n) is 23.5. The van der Waals surface area contributed by atoms with Crippen molar-refractivity contribution in [3.05, 3.63) is 85.1 Å². The molecule has 6 unspecified atom stereocenters. The van der Waals surface area contributed by atoms with E-state index >= 15 is 0 Å². The van der Waals surface area contributed by atoms with Gasteiger partial charge >= 0.3 is 5.97 Å². The lowest BCUT2D eigenvalue weighted by atomic mass is 9.82. The van der Waals surface area contributed by atoms with Gasteiger partial charge in [0.05, 0.1) is 86.0 Å². The van der Waals surface area contributed by atoms with Gasteiger partial charge < -0.3 is 81.1 Å². The van der Waals surface area contributed by atoms with Crippen LogP contribution >= 0.6 is 11.8 Å². The first kappa shape index (κ1) is 59.2. The van der Waals surface area contributed by atoms with E-state index in [9.17, 15) is 60.7 Å². The molecule has 3 aliphatic heterocycles. The fraction of sp³-hybridized carbons (Fsp3) is 0.673. The summed E-state index contributed by atoms with van der Waals surface area (Å²) in [5.74, 6) is -4.23. The topological polar surface area (TPSA) is 311 Å². The van der Waals surface area contributed by atoms with E-state index in [0.717, 1.165) is 5.75 Å². The summed E-state index contributed by atoms with van der Waals surface area (Å²) >= 11 is 1.60. The molecule has 0 spiro atoms. The maximum absolute atomic E-state index is 13.7. The lowest BCUT2D eigenvalue weighted by molar-refractivity contribution is -0.304. The van der Waals surface area contributed by atoms with E-state index < -0.39 is 135 Å². The number of allylic oxidation sites excluding steroid dienone is 12. The first-order chi connectivity index (χ1) is 32.3. The van der Waals surface area contributed by atoms with E-state index in [-0.39, 0.29) is 44.6 Å². The predicted octanol–water partition coefficient (Wildman–Crippen LogP) is 0.862. The SMILES string of the molecule is CSCCCNC(=O)C1[C@@H]2C[C@@H](O[C@@H]3OC[C@@H](O)[C@H](N)[C@@H]3O)/C=C/C=C/C=C/C=C/C=C/C=C/C=C/[C@H](C)[C@@H](O)C[C@H](C)OC(=O)CC(O)CC(O)CCC(O)C(O)CC(O)C[C@](O)(C[C@@H]1O)O2. The van der Waals surface area contributed by atoms with Gasteiger partial charge in [0.25, 0.3) is 0 Å². The normalized spacial score (nSPS) is 41.8. The highest BCUT2D eigenvalue weighted by molar-refractivity contribution is 7.98. The average molecular weight is 983 g/mol. The number of cyclic esters (lactones) is 1. The Bertz CT molecular complexity index is 1690. The number of nitrogens with two attached hydrogens (primary N) is 1. The molecule has 2 saturated heterocycles. The summed E-state index contributed by atoms with van der Waals surface area (Å²) in [6.45, 7) is 3.53. The van der Waals surface area contributed by atoms with E-state index in [2.05, 4.69) is 5.32 Å². The number of fused-ring (bicyclic) bond motifs is 2. The van der Waals surface area contributed by atoms with Gasteiger partial charge in [-0.15, -0.1) is 0 Å². The van der Waals surface area contributed by atoms with Gasteiger partial charge in [-0.25, -0.2) is 0 Å². The number of ether oxygens (including phenoxy) is 4. The Morgan fingerprint density at radius 2 is 1.37 bits per heavy atom. The third-order valence-electron chi connectivity index (χ3n) is 11.9. The molecule has 0 aromatic carbocycles. The Morgan fingerprint density at radius 3 is 2.00 bits per heavy atom. The molecule has 13 N–H and O–H groups in total. The fourth-order valence-corrected chi connectivity index (χ4v) is 8.49. The Hall–Kier alpha value is -3.09. The molecule has 0 saturated carbocycles. The van der Waals surface area contributed by atoms with Crippen LogP contribution in [0.3, 0.4) is 0 Å². The molecule has 0 aromatic heterocycles. The number of rotatable bonds is 7.